The van der Waals surface area contributed by atoms with Crippen LogP contribution in [0.4, 0.5) is 11.4 Å². The summed E-state index contributed by atoms with van der Waals surface area (Å²) in [4.78, 5) is 10.8. The zero-order valence-corrected chi connectivity index (χ0v) is 18.6. The van der Waals surface area contributed by atoms with Crippen LogP contribution in [0.3, 0.4) is 0 Å². The summed E-state index contributed by atoms with van der Waals surface area (Å²) in [6.45, 7) is 0. The van der Waals surface area contributed by atoms with Gasteiger partial charge in [0.1, 0.15) is 4.21 Å². The van der Waals surface area contributed by atoms with Gasteiger partial charge in [0.2, 0.25) is 0 Å². The number of sulfonamides is 2. The maximum Gasteiger partial charge on any atom is 0.335 e. The van der Waals surface area contributed by atoms with Crippen molar-refractivity contribution in [2.45, 2.75) is 9.10 Å². The second-order valence-electron chi connectivity index (χ2n) is 5.79. The molecule has 3 aromatic rings. The molecule has 0 saturated heterocycles. The molecule has 0 radical (unpaired) electrons. The van der Waals surface area contributed by atoms with Crippen LogP contribution in [0.25, 0.3) is 0 Å². The van der Waals surface area contributed by atoms with Gasteiger partial charge in [-0.05, 0) is 41.8 Å². The van der Waals surface area contributed by atoms with Crippen LogP contribution in [0.5, 0.6) is 0 Å². The van der Waals surface area contributed by atoms with E-state index in [9.17, 15) is 21.6 Å². The van der Waals surface area contributed by atoms with Crippen molar-refractivity contribution in [2.24, 2.45) is 0 Å². The molecule has 1 heterocycles. The van der Waals surface area contributed by atoms with E-state index >= 15 is 0 Å². The number of thiophene rings is 1. The first-order valence-corrected chi connectivity index (χ1v) is 12.5. The predicted octanol–water partition coefficient (Wildman–Crippen LogP) is 4.35. The number of hydrogen-bond donors (Lipinski definition) is 3. The van der Waals surface area contributed by atoms with Crippen LogP contribution < -0.4 is 9.44 Å². The number of benzene rings is 2. The lowest BCUT2D eigenvalue weighted by atomic mass is 10.2. The highest BCUT2D eigenvalue weighted by atomic mass is 35.5. The fourth-order valence-electron chi connectivity index (χ4n) is 2.33. The minimum Gasteiger partial charge on any atom is -0.478 e. The lowest BCUT2D eigenvalue weighted by molar-refractivity contribution is 0.0696. The smallest absolute Gasteiger partial charge is 0.335 e. The zero-order valence-electron chi connectivity index (χ0n) is 14.7. The molecule has 0 bridgehead atoms. The molecule has 0 amide bonds. The number of rotatable bonds is 7. The summed E-state index contributed by atoms with van der Waals surface area (Å²) < 4.78 is 55.1. The minimum absolute atomic E-state index is 0.00336. The quantitative estimate of drug-likeness (QED) is 0.436. The van der Waals surface area contributed by atoms with E-state index in [0.29, 0.717) is 0 Å². The molecular weight excluding hydrogens is 495 g/mol. The fourth-order valence-corrected chi connectivity index (χ4v) is 5.83. The Labute approximate surface area is 186 Å². The molecule has 0 spiro atoms. The Bertz CT molecular complexity index is 1320. The molecule has 0 unspecified atom stereocenters. The lowest BCUT2D eigenvalue weighted by Gasteiger charge is -2.15. The van der Waals surface area contributed by atoms with Gasteiger partial charge in [-0.2, -0.15) is 0 Å². The summed E-state index contributed by atoms with van der Waals surface area (Å²) in [5, 5.41) is 10.6. The highest BCUT2D eigenvalue weighted by Gasteiger charge is 2.22. The van der Waals surface area contributed by atoms with Gasteiger partial charge < -0.3 is 5.11 Å². The number of aromatic carboxylic acids is 1. The van der Waals surface area contributed by atoms with Gasteiger partial charge in [0.15, 0.2) is 0 Å². The van der Waals surface area contributed by atoms with Gasteiger partial charge in [0, 0.05) is 0 Å². The van der Waals surface area contributed by atoms with E-state index in [4.69, 9.17) is 28.3 Å². The molecule has 0 aliphatic rings. The van der Waals surface area contributed by atoms with Crippen molar-refractivity contribution in [1.82, 2.24) is 0 Å². The molecule has 2 aromatic carbocycles. The second-order valence-corrected chi connectivity index (χ2v) is 11.1. The van der Waals surface area contributed by atoms with Crippen molar-refractivity contribution in [2.75, 3.05) is 9.44 Å². The first kappa shape index (κ1) is 22.4. The van der Waals surface area contributed by atoms with Gasteiger partial charge in [-0.3, -0.25) is 9.44 Å². The third-order valence-electron chi connectivity index (χ3n) is 3.70. The van der Waals surface area contributed by atoms with Crippen molar-refractivity contribution in [3.05, 3.63) is 69.5 Å². The van der Waals surface area contributed by atoms with Crippen LogP contribution >= 0.6 is 34.5 Å². The van der Waals surface area contributed by atoms with Crippen molar-refractivity contribution in [3.8, 4) is 0 Å². The third kappa shape index (κ3) is 4.87. The summed E-state index contributed by atoms with van der Waals surface area (Å²) in [6, 6.07) is 9.92. The van der Waals surface area contributed by atoms with E-state index in [-0.39, 0.29) is 36.1 Å². The molecule has 13 heteroatoms. The predicted molar refractivity (Wildman–Crippen MR) is 116 cm³/mol. The standard InChI is InChI=1S/C17H12Cl2N2O6S3/c18-12-8-14(20-29(24,25)11-4-1-3-10(7-11)17(22)23)15(9-13(12)19)21-30(26,27)16-5-2-6-28-16/h1-9,20-21H,(H,22,23). The summed E-state index contributed by atoms with van der Waals surface area (Å²) >= 11 is 12.9. The molecule has 30 heavy (non-hydrogen) atoms. The number of carbonyl (C=O) groups is 1. The maximum atomic E-state index is 12.8. The largest absolute Gasteiger partial charge is 0.478 e. The van der Waals surface area contributed by atoms with Crippen molar-refractivity contribution in [3.63, 3.8) is 0 Å². The van der Waals surface area contributed by atoms with Crippen LogP contribution in [0, 0.1) is 0 Å². The molecule has 0 fully saturated rings. The Morgan fingerprint density at radius 2 is 1.47 bits per heavy atom. The number of carboxylic acid groups (broad SMARTS) is 1. The highest BCUT2D eigenvalue weighted by molar-refractivity contribution is 7.94. The minimum atomic E-state index is -4.28. The maximum absolute atomic E-state index is 12.8. The number of halogens is 2. The number of carboxylic acids is 1. The molecule has 0 aliphatic carbocycles. The van der Waals surface area contributed by atoms with Gasteiger partial charge in [-0.1, -0.05) is 35.3 Å². The lowest BCUT2D eigenvalue weighted by Crippen LogP contribution is -2.17. The normalized spacial score (nSPS) is 11.8. The Balaban J connectivity index is 2.03. The number of nitrogens with one attached hydrogen (secondary N) is 2. The van der Waals surface area contributed by atoms with E-state index < -0.39 is 26.0 Å². The van der Waals surface area contributed by atoms with E-state index in [1.54, 1.807) is 11.4 Å². The summed E-state index contributed by atoms with van der Waals surface area (Å²) in [5.41, 5.74) is -0.577. The zero-order chi connectivity index (χ0) is 22.1. The van der Waals surface area contributed by atoms with Gasteiger partial charge in [-0.15, -0.1) is 11.3 Å². The second kappa shape index (κ2) is 8.44. The van der Waals surface area contributed by atoms with E-state index in [1.807, 2.05) is 0 Å². The van der Waals surface area contributed by atoms with Crippen molar-refractivity contribution in [1.29, 1.82) is 0 Å². The Morgan fingerprint density at radius 3 is 2.00 bits per heavy atom. The summed E-state index contributed by atoms with van der Waals surface area (Å²) in [5.74, 6) is -1.30. The van der Waals surface area contributed by atoms with E-state index in [2.05, 4.69) is 9.44 Å². The average Bonchev–Trinajstić information content (AvgIpc) is 3.21. The van der Waals surface area contributed by atoms with Crippen LogP contribution in [-0.4, -0.2) is 27.9 Å². The Kier molecular flexibility index (Phi) is 6.29. The van der Waals surface area contributed by atoms with Crippen LogP contribution in [-0.2, 0) is 20.0 Å². The number of anilines is 2. The first-order chi connectivity index (χ1) is 14.0. The molecule has 1 aromatic heterocycles. The molecule has 8 nitrogen and oxygen atoms in total. The number of hydrogen-bond acceptors (Lipinski definition) is 6. The fraction of sp³-hybridized carbons (Fsp3) is 0. The Hall–Kier alpha value is -2.31. The molecular formula is C17H12Cl2N2O6S3. The highest BCUT2D eigenvalue weighted by Crippen LogP contribution is 2.35. The van der Waals surface area contributed by atoms with Crippen LogP contribution in [0.1, 0.15) is 10.4 Å². The van der Waals surface area contributed by atoms with Crippen LogP contribution in [0.15, 0.2) is 63.0 Å². The van der Waals surface area contributed by atoms with Crippen LogP contribution in [0.2, 0.25) is 10.0 Å². The first-order valence-electron chi connectivity index (χ1n) is 7.91. The van der Waals surface area contributed by atoms with Gasteiger partial charge >= 0.3 is 5.97 Å². The van der Waals surface area contributed by atoms with Gasteiger partial charge in [0.05, 0.1) is 31.9 Å². The van der Waals surface area contributed by atoms with Crippen molar-refractivity contribution >= 4 is 71.9 Å². The summed E-state index contributed by atoms with van der Waals surface area (Å²) in [7, 11) is -8.28. The van der Waals surface area contributed by atoms with E-state index in [0.717, 1.165) is 23.5 Å². The monoisotopic (exact) mass is 506 g/mol. The SMILES string of the molecule is O=C(O)c1cccc(S(=O)(=O)Nc2cc(Cl)c(Cl)cc2NS(=O)(=O)c2cccs2)c1. The molecule has 158 valence electrons. The topological polar surface area (TPSA) is 130 Å². The molecule has 0 aliphatic heterocycles. The van der Waals surface area contributed by atoms with Gasteiger partial charge in [-0.25, -0.2) is 21.6 Å². The van der Waals surface area contributed by atoms with E-state index in [1.165, 1.54) is 30.3 Å². The third-order valence-corrected chi connectivity index (χ3v) is 8.55. The van der Waals surface area contributed by atoms with Gasteiger partial charge in [0.25, 0.3) is 20.0 Å². The summed E-state index contributed by atoms with van der Waals surface area (Å²) in [6.07, 6.45) is 0. The average molecular weight is 507 g/mol. The molecule has 0 atom stereocenters. The molecule has 0 saturated carbocycles. The Morgan fingerprint density at radius 1 is 0.867 bits per heavy atom. The molecule has 3 N–H and O–H groups in total. The van der Waals surface area contributed by atoms with Crippen molar-refractivity contribution < 1.29 is 26.7 Å². The molecule has 3 rings (SSSR count).